The topological polar surface area (TPSA) is 161 Å². The molecule has 0 bridgehead atoms. The number of rotatable bonds is 14. The van der Waals surface area contributed by atoms with Crippen molar-refractivity contribution < 1.29 is 40.4 Å². The summed E-state index contributed by atoms with van der Waals surface area (Å²) in [6, 6.07) is 13.8. The normalized spacial score (nSPS) is 17.2. The minimum atomic E-state index is -4.49. The molecular weight excluding hydrogens is 544 g/mol. The molecule has 0 aliphatic carbocycles. The fourth-order valence-corrected chi connectivity index (χ4v) is 5.79. The maximum absolute atomic E-state index is 11.9. The summed E-state index contributed by atoms with van der Waals surface area (Å²) >= 11 is 0. The number of allylic oxidation sites excluding steroid dienone is 1. The SMILES string of the molecule is C.CC1(CCCS(=O)(=O)O)C(/C=C/Nc2ccccc2)=[N+](CCCCCC(=O)O)c2ccc(S(=O)(=O)O)cc21. The standard InChI is InChI=1S/C26H32N2O8S2.CH4/c1-26(15-8-18-37(31,32)33)22-19-21(38(34,35)36)12-13-23(22)28(17-7-3-6-11-25(29)30)24(26)14-16-27-20-9-4-2-5-10-20;/h2,4-5,9-10,12-14,16,19H,3,6-8,11,15,17-18H2,1H3,(H3,29,30,31,32,33,34,35,36);1H4/p+1. The Morgan fingerprint density at radius 1 is 1.00 bits per heavy atom. The number of carboxylic acid groups (broad SMARTS) is 1. The Labute approximate surface area is 230 Å². The van der Waals surface area contributed by atoms with Crippen LogP contribution >= 0.6 is 0 Å². The van der Waals surface area contributed by atoms with Crippen molar-refractivity contribution in [1.29, 1.82) is 0 Å². The van der Waals surface area contributed by atoms with Crippen LogP contribution < -0.4 is 5.32 Å². The Morgan fingerprint density at radius 3 is 2.31 bits per heavy atom. The molecule has 0 aromatic heterocycles. The van der Waals surface area contributed by atoms with E-state index in [-0.39, 0.29) is 31.6 Å². The molecule has 1 aliphatic heterocycles. The minimum Gasteiger partial charge on any atom is -0.481 e. The predicted octanol–water partition coefficient (Wildman–Crippen LogP) is 4.86. The van der Waals surface area contributed by atoms with Crippen LogP contribution in [0.15, 0.2) is 65.7 Å². The van der Waals surface area contributed by atoms with E-state index in [1.54, 1.807) is 12.3 Å². The van der Waals surface area contributed by atoms with Crippen LogP contribution in [0.25, 0.3) is 0 Å². The smallest absolute Gasteiger partial charge is 0.303 e. The summed E-state index contributed by atoms with van der Waals surface area (Å²) in [6.07, 6.45) is 5.90. The van der Waals surface area contributed by atoms with E-state index in [4.69, 9.17) is 5.11 Å². The quantitative estimate of drug-likeness (QED) is 0.139. The first-order valence-corrected chi connectivity index (χ1v) is 15.3. The van der Waals surface area contributed by atoms with Crippen LogP contribution in [0.4, 0.5) is 11.4 Å². The van der Waals surface area contributed by atoms with Crippen molar-refractivity contribution in [2.24, 2.45) is 0 Å². The molecule has 0 saturated heterocycles. The molecule has 4 N–H and O–H groups in total. The molecule has 2 aromatic rings. The number of hydrogen-bond acceptors (Lipinski definition) is 6. The third-order valence-corrected chi connectivity index (χ3v) is 8.28. The first-order valence-electron chi connectivity index (χ1n) is 12.2. The molecule has 1 aliphatic rings. The largest absolute Gasteiger partial charge is 0.481 e. The van der Waals surface area contributed by atoms with E-state index >= 15 is 0 Å². The molecule has 1 heterocycles. The van der Waals surface area contributed by atoms with Crippen LogP contribution in [0.3, 0.4) is 0 Å². The van der Waals surface area contributed by atoms with Gasteiger partial charge in [0.1, 0.15) is 6.54 Å². The highest BCUT2D eigenvalue weighted by molar-refractivity contribution is 7.86. The van der Waals surface area contributed by atoms with Crippen molar-refractivity contribution in [3.8, 4) is 0 Å². The van der Waals surface area contributed by atoms with Gasteiger partial charge in [0, 0.05) is 42.4 Å². The number of hydrogen-bond donors (Lipinski definition) is 4. The lowest BCUT2D eigenvalue weighted by Gasteiger charge is -2.22. The molecule has 0 radical (unpaired) electrons. The predicted molar refractivity (Wildman–Crippen MR) is 151 cm³/mol. The highest BCUT2D eigenvalue weighted by Crippen LogP contribution is 2.44. The van der Waals surface area contributed by atoms with Gasteiger partial charge in [0.05, 0.1) is 16.1 Å². The van der Waals surface area contributed by atoms with Gasteiger partial charge in [-0.2, -0.15) is 21.4 Å². The summed E-state index contributed by atoms with van der Waals surface area (Å²) in [4.78, 5) is 10.6. The second-order valence-corrected chi connectivity index (χ2v) is 12.5. The number of aliphatic carboxylic acids is 1. The number of nitrogens with zero attached hydrogens (tertiary/aromatic N) is 1. The maximum Gasteiger partial charge on any atom is 0.303 e. The Bertz CT molecular complexity index is 1440. The third kappa shape index (κ3) is 8.72. The zero-order valence-electron chi connectivity index (χ0n) is 21.1. The molecule has 10 nitrogen and oxygen atoms in total. The molecule has 0 amide bonds. The van der Waals surface area contributed by atoms with Crippen molar-refractivity contribution in [3.63, 3.8) is 0 Å². The second kappa shape index (κ2) is 13.3. The van der Waals surface area contributed by atoms with Gasteiger partial charge in [-0.1, -0.05) is 25.6 Å². The van der Waals surface area contributed by atoms with Gasteiger partial charge in [0.15, 0.2) is 5.71 Å². The van der Waals surface area contributed by atoms with Gasteiger partial charge < -0.3 is 10.4 Å². The summed E-state index contributed by atoms with van der Waals surface area (Å²) in [5.74, 6) is -1.31. The van der Waals surface area contributed by atoms with E-state index in [1.165, 1.54) is 12.1 Å². The Hall–Kier alpha value is -3.06. The highest BCUT2D eigenvalue weighted by atomic mass is 32.2. The average molecular weight is 582 g/mol. The Kier molecular flexibility index (Phi) is 11.0. The first kappa shape index (κ1) is 32.2. The number of carboxylic acids is 1. The van der Waals surface area contributed by atoms with E-state index < -0.39 is 37.4 Å². The average Bonchev–Trinajstić information content (AvgIpc) is 3.05. The van der Waals surface area contributed by atoms with Gasteiger partial charge in [0.25, 0.3) is 20.2 Å². The number of fused-ring (bicyclic) bond motifs is 1. The molecule has 0 saturated carbocycles. The first-order chi connectivity index (χ1) is 17.8. The van der Waals surface area contributed by atoms with Crippen molar-refractivity contribution >= 4 is 43.3 Å². The molecule has 1 unspecified atom stereocenters. The van der Waals surface area contributed by atoms with Crippen LogP contribution in [-0.2, 0) is 30.4 Å². The van der Waals surface area contributed by atoms with E-state index in [0.29, 0.717) is 37.1 Å². The molecule has 0 spiro atoms. The minimum absolute atomic E-state index is 0. The molecule has 214 valence electrons. The van der Waals surface area contributed by atoms with Crippen molar-refractivity contribution in [2.75, 3.05) is 17.6 Å². The number of unbranched alkanes of at least 4 members (excludes halogenated alkanes) is 2. The van der Waals surface area contributed by atoms with Crippen LogP contribution in [0, 0.1) is 0 Å². The lowest BCUT2D eigenvalue weighted by atomic mass is 9.76. The van der Waals surface area contributed by atoms with Crippen LogP contribution in [0.5, 0.6) is 0 Å². The van der Waals surface area contributed by atoms with Gasteiger partial charge in [-0.3, -0.25) is 13.9 Å². The van der Waals surface area contributed by atoms with Crippen LogP contribution in [0.1, 0.15) is 58.4 Å². The third-order valence-electron chi connectivity index (χ3n) is 6.62. The summed E-state index contributed by atoms with van der Waals surface area (Å²) in [7, 11) is -8.69. The summed E-state index contributed by atoms with van der Waals surface area (Å²) in [6.45, 7) is 2.38. The molecule has 3 rings (SSSR count). The fraction of sp³-hybridized carbons (Fsp3) is 0.407. The van der Waals surface area contributed by atoms with Crippen LogP contribution in [0.2, 0.25) is 0 Å². The maximum atomic E-state index is 11.9. The molecular formula is C27H37N2O8S2+. The molecule has 1 atom stereocenters. The van der Waals surface area contributed by atoms with Gasteiger partial charge >= 0.3 is 5.97 Å². The lowest BCUT2D eigenvalue weighted by molar-refractivity contribution is -0.438. The number of benzene rings is 2. The second-order valence-electron chi connectivity index (χ2n) is 9.46. The molecule has 39 heavy (non-hydrogen) atoms. The monoisotopic (exact) mass is 581 g/mol. The zero-order valence-corrected chi connectivity index (χ0v) is 22.7. The number of carbonyl (C=O) groups is 1. The van der Waals surface area contributed by atoms with Crippen molar-refractivity contribution in [1.82, 2.24) is 0 Å². The summed E-state index contributed by atoms with van der Waals surface area (Å²) in [5, 5.41) is 12.1. The van der Waals surface area contributed by atoms with E-state index in [2.05, 4.69) is 5.32 Å². The van der Waals surface area contributed by atoms with Gasteiger partial charge in [-0.15, -0.1) is 0 Å². The Balaban J connectivity index is 0.00000533. The van der Waals surface area contributed by atoms with Crippen molar-refractivity contribution in [2.45, 2.75) is 63.2 Å². The van der Waals surface area contributed by atoms with Crippen LogP contribution in [-0.4, -0.2) is 59.6 Å². The molecule has 2 aromatic carbocycles. The molecule has 12 heteroatoms. The van der Waals surface area contributed by atoms with Gasteiger partial charge in [-0.25, -0.2) is 0 Å². The summed E-state index contributed by atoms with van der Waals surface area (Å²) < 4.78 is 67.7. The van der Waals surface area contributed by atoms with Gasteiger partial charge in [0.2, 0.25) is 5.69 Å². The van der Waals surface area contributed by atoms with E-state index in [9.17, 15) is 30.7 Å². The number of anilines is 1. The van der Waals surface area contributed by atoms with E-state index in [1.807, 2.05) is 47.9 Å². The molecule has 0 fully saturated rings. The van der Waals surface area contributed by atoms with E-state index in [0.717, 1.165) is 11.4 Å². The van der Waals surface area contributed by atoms with Gasteiger partial charge in [-0.05, 0) is 56.9 Å². The number of nitrogens with one attached hydrogen (secondary N) is 1. The Morgan fingerprint density at radius 2 is 1.69 bits per heavy atom. The zero-order chi connectivity index (χ0) is 28.0. The fourth-order valence-electron chi connectivity index (χ4n) is 4.78. The van der Waals surface area contributed by atoms with Crippen molar-refractivity contribution in [3.05, 3.63) is 66.4 Å². The highest BCUT2D eigenvalue weighted by Gasteiger charge is 2.47. The summed E-state index contributed by atoms with van der Waals surface area (Å²) in [5.41, 5.74) is 2.09. The lowest BCUT2D eigenvalue weighted by Crippen LogP contribution is -2.32. The number of para-hydroxylation sites is 1.